The zero-order chi connectivity index (χ0) is 15.2. The van der Waals surface area contributed by atoms with Gasteiger partial charge in [0.25, 0.3) is 0 Å². The summed E-state index contributed by atoms with van der Waals surface area (Å²) in [6, 6.07) is 3.72. The maximum atomic E-state index is 13.6. The van der Waals surface area contributed by atoms with Gasteiger partial charge in [-0.05, 0) is 37.4 Å². The summed E-state index contributed by atoms with van der Waals surface area (Å²) in [5, 5.41) is 0. The number of methoxy groups -OCH3 is 1. The Kier molecular flexibility index (Phi) is 5.82. The van der Waals surface area contributed by atoms with Gasteiger partial charge >= 0.3 is 0 Å². The molecule has 1 fully saturated rings. The first-order chi connectivity index (χ1) is 10.1. The van der Waals surface area contributed by atoms with Gasteiger partial charge in [-0.2, -0.15) is 0 Å². The predicted molar refractivity (Wildman–Crippen MR) is 76.3 cm³/mol. The zero-order valence-electron chi connectivity index (χ0n) is 12.3. The summed E-state index contributed by atoms with van der Waals surface area (Å²) >= 11 is 0. The molecule has 1 aliphatic rings. The molecule has 1 unspecified atom stereocenters. The molecule has 1 atom stereocenters. The van der Waals surface area contributed by atoms with Gasteiger partial charge in [-0.3, -0.25) is 4.79 Å². The van der Waals surface area contributed by atoms with E-state index < -0.39 is 11.6 Å². The third-order valence-corrected chi connectivity index (χ3v) is 3.91. The Bertz CT molecular complexity index is 491. The van der Waals surface area contributed by atoms with Crippen LogP contribution in [0.3, 0.4) is 0 Å². The van der Waals surface area contributed by atoms with Crippen molar-refractivity contribution in [3.8, 4) is 0 Å². The number of hydrogen-bond donors (Lipinski definition) is 0. The van der Waals surface area contributed by atoms with Crippen LogP contribution in [0.25, 0.3) is 0 Å². The van der Waals surface area contributed by atoms with E-state index in [0.717, 1.165) is 38.6 Å². The lowest BCUT2D eigenvalue weighted by Crippen LogP contribution is -2.38. The van der Waals surface area contributed by atoms with Crippen LogP contribution in [-0.2, 0) is 4.74 Å². The van der Waals surface area contributed by atoms with Crippen molar-refractivity contribution in [1.29, 1.82) is 0 Å². The van der Waals surface area contributed by atoms with Crippen molar-refractivity contribution < 1.29 is 18.3 Å². The number of Topliss-reactive ketones (excluding diaryl/α,β-unsaturated/α-hetero) is 1. The van der Waals surface area contributed by atoms with Crippen LogP contribution in [0, 0.1) is 17.6 Å². The Morgan fingerprint density at radius 2 is 2.24 bits per heavy atom. The highest BCUT2D eigenvalue weighted by molar-refractivity contribution is 5.96. The molecule has 21 heavy (non-hydrogen) atoms. The standard InChI is InChI=1S/C16H21F2NO2/c1-21-11-12-4-3-8-19(10-12)9-7-15(20)13-5-2-6-14(17)16(13)18/h2,5-6,12H,3-4,7-11H2,1H3. The Morgan fingerprint density at radius 1 is 1.43 bits per heavy atom. The molecule has 1 heterocycles. The topological polar surface area (TPSA) is 29.5 Å². The van der Waals surface area contributed by atoms with Gasteiger partial charge in [-0.25, -0.2) is 8.78 Å². The van der Waals surface area contributed by atoms with Crippen molar-refractivity contribution in [2.45, 2.75) is 19.3 Å². The van der Waals surface area contributed by atoms with Crippen LogP contribution in [0.2, 0.25) is 0 Å². The predicted octanol–water partition coefficient (Wildman–Crippen LogP) is 2.90. The fourth-order valence-corrected chi connectivity index (χ4v) is 2.84. The summed E-state index contributed by atoms with van der Waals surface area (Å²) < 4.78 is 31.8. The van der Waals surface area contributed by atoms with Crippen molar-refractivity contribution in [2.24, 2.45) is 5.92 Å². The van der Waals surface area contributed by atoms with Crippen LogP contribution in [0.15, 0.2) is 18.2 Å². The highest BCUT2D eigenvalue weighted by atomic mass is 19.2. The second-order valence-corrected chi connectivity index (χ2v) is 5.54. The molecular formula is C16H21F2NO2. The molecule has 0 saturated carbocycles. The zero-order valence-corrected chi connectivity index (χ0v) is 12.3. The van der Waals surface area contributed by atoms with E-state index in [1.807, 2.05) is 0 Å². The van der Waals surface area contributed by atoms with Crippen molar-refractivity contribution in [3.05, 3.63) is 35.4 Å². The normalized spacial score (nSPS) is 19.7. The van der Waals surface area contributed by atoms with Gasteiger partial charge in [0.15, 0.2) is 17.4 Å². The number of benzene rings is 1. The molecule has 0 bridgehead atoms. The second kappa shape index (κ2) is 7.61. The lowest BCUT2D eigenvalue weighted by Gasteiger charge is -2.32. The van der Waals surface area contributed by atoms with Gasteiger partial charge in [0.05, 0.1) is 12.2 Å². The Hall–Kier alpha value is -1.33. The maximum absolute atomic E-state index is 13.6. The highest BCUT2D eigenvalue weighted by Gasteiger charge is 2.21. The van der Waals surface area contributed by atoms with Gasteiger partial charge < -0.3 is 9.64 Å². The van der Waals surface area contributed by atoms with E-state index in [9.17, 15) is 13.6 Å². The Morgan fingerprint density at radius 3 is 3.00 bits per heavy atom. The Labute approximate surface area is 123 Å². The van der Waals surface area contributed by atoms with Gasteiger partial charge in [-0.15, -0.1) is 0 Å². The molecule has 0 aromatic heterocycles. The van der Waals surface area contributed by atoms with Crippen LogP contribution in [0.4, 0.5) is 8.78 Å². The van der Waals surface area contributed by atoms with E-state index in [2.05, 4.69) is 4.90 Å². The second-order valence-electron chi connectivity index (χ2n) is 5.54. The first kappa shape index (κ1) is 16.0. The molecule has 3 nitrogen and oxygen atoms in total. The number of nitrogens with zero attached hydrogens (tertiary/aromatic N) is 1. The molecule has 1 aliphatic heterocycles. The molecule has 116 valence electrons. The molecule has 0 N–H and O–H groups in total. The van der Waals surface area contributed by atoms with E-state index in [-0.39, 0.29) is 17.8 Å². The molecular weight excluding hydrogens is 276 g/mol. The van der Waals surface area contributed by atoms with Gasteiger partial charge in [0, 0.05) is 26.6 Å². The summed E-state index contributed by atoms with van der Waals surface area (Å²) in [5.74, 6) is -1.87. The van der Waals surface area contributed by atoms with Crippen molar-refractivity contribution in [2.75, 3.05) is 33.4 Å². The van der Waals surface area contributed by atoms with Crippen LogP contribution >= 0.6 is 0 Å². The van der Waals surface area contributed by atoms with Crippen LogP contribution in [0.5, 0.6) is 0 Å². The number of ether oxygens (including phenoxy) is 1. The van der Waals surface area contributed by atoms with Crippen LogP contribution < -0.4 is 0 Å². The average molecular weight is 297 g/mol. The van der Waals surface area contributed by atoms with Crippen molar-refractivity contribution in [3.63, 3.8) is 0 Å². The highest BCUT2D eigenvalue weighted by Crippen LogP contribution is 2.18. The molecule has 0 amide bonds. The van der Waals surface area contributed by atoms with Crippen molar-refractivity contribution in [1.82, 2.24) is 4.90 Å². The van der Waals surface area contributed by atoms with Crippen LogP contribution in [-0.4, -0.2) is 44.0 Å². The third kappa shape index (κ3) is 4.32. The molecule has 1 saturated heterocycles. The van der Waals surface area contributed by atoms with Crippen LogP contribution in [0.1, 0.15) is 29.6 Å². The van der Waals surface area contributed by atoms with E-state index in [1.54, 1.807) is 7.11 Å². The fourth-order valence-electron chi connectivity index (χ4n) is 2.84. The minimum atomic E-state index is -1.04. The van der Waals surface area contributed by atoms with E-state index in [4.69, 9.17) is 4.74 Å². The molecule has 0 aliphatic carbocycles. The summed E-state index contributed by atoms with van der Waals surface area (Å²) in [6.45, 7) is 3.14. The summed E-state index contributed by atoms with van der Waals surface area (Å²) in [4.78, 5) is 14.2. The summed E-state index contributed by atoms with van der Waals surface area (Å²) in [5.41, 5.74) is -0.152. The molecule has 2 rings (SSSR count). The maximum Gasteiger partial charge on any atom is 0.169 e. The first-order valence-corrected chi connectivity index (χ1v) is 7.30. The largest absolute Gasteiger partial charge is 0.384 e. The number of hydrogen-bond acceptors (Lipinski definition) is 3. The lowest BCUT2D eigenvalue weighted by molar-refractivity contribution is 0.0828. The number of halogens is 2. The molecule has 0 radical (unpaired) electrons. The number of carbonyl (C=O) groups excluding carboxylic acids is 1. The fraction of sp³-hybridized carbons (Fsp3) is 0.562. The number of ketones is 1. The van der Waals surface area contributed by atoms with Gasteiger partial charge in [0.1, 0.15) is 0 Å². The van der Waals surface area contributed by atoms with E-state index in [0.29, 0.717) is 12.5 Å². The van der Waals surface area contributed by atoms with E-state index in [1.165, 1.54) is 12.1 Å². The minimum Gasteiger partial charge on any atom is -0.384 e. The quantitative estimate of drug-likeness (QED) is 0.756. The number of carbonyl (C=O) groups is 1. The average Bonchev–Trinajstić information content (AvgIpc) is 2.48. The number of likely N-dealkylation sites (tertiary alicyclic amines) is 1. The molecule has 1 aromatic rings. The van der Waals surface area contributed by atoms with E-state index >= 15 is 0 Å². The van der Waals surface area contributed by atoms with Crippen molar-refractivity contribution >= 4 is 5.78 Å². The third-order valence-electron chi connectivity index (χ3n) is 3.91. The monoisotopic (exact) mass is 297 g/mol. The summed E-state index contributed by atoms with van der Waals surface area (Å²) in [7, 11) is 1.69. The van der Waals surface area contributed by atoms with Gasteiger partial charge in [-0.1, -0.05) is 6.07 Å². The molecule has 0 spiro atoms. The molecule has 5 heteroatoms. The first-order valence-electron chi connectivity index (χ1n) is 7.30. The number of piperidine rings is 1. The number of rotatable bonds is 6. The SMILES string of the molecule is COCC1CCCN(CCC(=O)c2cccc(F)c2F)C1. The Balaban J connectivity index is 1.87. The lowest BCUT2D eigenvalue weighted by atomic mass is 9.98. The summed E-state index contributed by atoms with van der Waals surface area (Å²) in [6.07, 6.45) is 2.42. The van der Waals surface area contributed by atoms with Gasteiger partial charge in [0.2, 0.25) is 0 Å². The molecule has 1 aromatic carbocycles. The minimum absolute atomic E-state index is 0.152. The smallest absolute Gasteiger partial charge is 0.169 e.